The molecule has 2 nitrogen and oxygen atoms in total. The second-order valence-corrected chi connectivity index (χ2v) is 4.97. The van der Waals surface area contributed by atoms with E-state index >= 15 is 0 Å². The van der Waals surface area contributed by atoms with Crippen molar-refractivity contribution in [1.29, 1.82) is 0 Å². The first-order chi connectivity index (χ1) is 10.1. The molecule has 0 aliphatic heterocycles. The van der Waals surface area contributed by atoms with Crippen molar-refractivity contribution in [2.75, 3.05) is 7.11 Å². The molecule has 0 fully saturated rings. The number of hydrogen-bond acceptors (Lipinski definition) is 2. The van der Waals surface area contributed by atoms with Crippen molar-refractivity contribution < 1.29 is 13.5 Å². The molecule has 0 spiro atoms. The third kappa shape index (κ3) is 4.09. The molecule has 0 saturated carbocycles. The zero-order chi connectivity index (χ0) is 15.2. The molecule has 0 saturated heterocycles. The predicted molar refractivity (Wildman–Crippen MR) is 78.8 cm³/mol. The summed E-state index contributed by atoms with van der Waals surface area (Å²) in [5.41, 5.74) is 2.66. The molecule has 1 atom stereocenters. The maximum absolute atomic E-state index is 13.7. The van der Waals surface area contributed by atoms with Gasteiger partial charge in [-0.1, -0.05) is 30.3 Å². The summed E-state index contributed by atoms with van der Waals surface area (Å²) in [7, 11) is 1.65. The summed E-state index contributed by atoms with van der Waals surface area (Å²) in [6.45, 7) is 2.99. The van der Waals surface area contributed by atoms with Gasteiger partial charge in [-0.3, -0.25) is 0 Å². The first-order valence-corrected chi connectivity index (χ1v) is 6.86. The summed E-state index contributed by atoms with van der Waals surface area (Å²) in [6.07, 6.45) is 0. The van der Waals surface area contributed by atoms with Gasteiger partial charge in [0.05, 0.1) is 6.61 Å². The average molecular weight is 291 g/mol. The van der Waals surface area contributed by atoms with Gasteiger partial charge in [-0.25, -0.2) is 8.78 Å². The number of benzene rings is 2. The maximum Gasteiger partial charge on any atom is 0.130 e. The molecule has 2 rings (SSSR count). The normalized spacial score (nSPS) is 12.4. The minimum absolute atomic E-state index is 0.207. The molecule has 1 unspecified atom stereocenters. The van der Waals surface area contributed by atoms with Crippen LogP contribution in [0, 0.1) is 11.6 Å². The minimum atomic E-state index is -0.561. The molecule has 0 aliphatic carbocycles. The van der Waals surface area contributed by atoms with Crippen molar-refractivity contribution in [1.82, 2.24) is 5.32 Å². The Hall–Kier alpha value is -1.78. The molecule has 0 amide bonds. The summed E-state index contributed by atoms with van der Waals surface area (Å²) >= 11 is 0. The Bertz CT molecular complexity index is 601. The number of rotatable bonds is 6. The van der Waals surface area contributed by atoms with Gasteiger partial charge in [0.15, 0.2) is 0 Å². The molecule has 21 heavy (non-hydrogen) atoms. The van der Waals surface area contributed by atoms with Crippen molar-refractivity contribution in [3.8, 4) is 0 Å². The van der Waals surface area contributed by atoms with Crippen molar-refractivity contribution in [3.63, 3.8) is 0 Å². The standard InChI is InChI=1S/C17H19F2NO/c1-12(16-8-7-15(18)9-17(16)19)20-10-13-5-3-4-6-14(13)11-21-2/h3-9,12,20H,10-11H2,1-2H3. The van der Waals surface area contributed by atoms with E-state index in [1.807, 2.05) is 31.2 Å². The van der Waals surface area contributed by atoms with E-state index < -0.39 is 11.6 Å². The van der Waals surface area contributed by atoms with Crippen LogP contribution >= 0.6 is 0 Å². The van der Waals surface area contributed by atoms with Crippen LogP contribution in [0.15, 0.2) is 42.5 Å². The van der Waals surface area contributed by atoms with Crippen LogP contribution in [0.1, 0.15) is 29.7 Å². The summed E-state index contributed by atoms with van der Waals surface area (Å²) in [5.74, 6) is -1.09. The fraction of sp³-hybridized carbons (Fsp3) is 0.294. The fourth-order valence-electron chi connectivity index (χ4n) is 2.25. The molecule has 1 N–H and O–H groups in total. The van der Waals surface area contributed by atoms with E-state index in [0.717, 1.165) is 17.2 Å². The van der Waals surface area contributed by atoms with Crippen molar-refractivity contribution in [2.45, 2.75) is 26.1 Å². The van der Waals surface area contributed by atoms with Gasteiger partial charge >= 0.3 is 0 Å². The highest BCUT2D eigenvalue weighted by Crippen LogP contribution is 2.19. The van der Waals surface area contributed by atoms with Crippen LogP contribution in [0.4, 0.5) is 8.78 Å². The zero-order valence-electron chi connectivity index (χ0n) is 12.2. The third-order valence-electron chi connectivity index (χ3n) is 3.45. The number of nitrogens with one attached hydrogen (secondary N) is 1. The van der Waals surface area contributed by atoms with E-state index in [-0.39, 0.29) is 6.04 Å². The highest BCUT2D eigenvalue weighted by molar-refractivity contribution is 5.27. The molecule has 0 radical (unpaired) electrons. The molecule has 0 heterocycles. The van der Waals surface area contributed by atoms with Crippen LogP contribution in [-0.2, 0) is 17.9 Å². The molecule has 4 heteroatoms. The maximum atomic E-state index is 13.7. The fourth-order valence-corrected chi connectivity index (χ4v) is 2.25. The van der Waals surface area contributed by atoms with Crippen LogP contribution in [0.25, 0.3) is 0 Å². The molecule has 0 aromatic heterocycles. The smallest absolute Gasteiger partial charge is 0.130 e. The highest BCUT2D eigenvalue weighted by atomic mass is 19.1. The molecule has 0 bridgehead atoms. The van der Waals surface area contributed by atoms with Crippen LogP contribution < -0.4 is 5.32 Å². The Morgan fingerprint density at radius 1 is 1.10 bits per heavy atom. The van der Waals surface area contributed by atoms with Crippen LogP contribution in [0.5, 0.6) is 0 Å². The Balaban J connectivity index is 2.05. The molecule has 2 aromatic rings. The van der Waals surface area contributed by atoms with Gasteiger partial charge in [0.25, 0.3) is 0 Å². The summed E-state index contributed by atoms with van der Waals surface area (Å²) in [5, 5.41) is 3.26. The van der Waals surface area contributed by atoms with E-state index in [0.29, 0.717) is 18.7 Å². The number of ether oxygens (including phenoxy) is 1. The van der Waals surface area contributed by atoms with E-state index in [2.05, 4.69) is 5.32 Å². The Kier molecular flexibility index (Phi) is 5.42. The van der Waals surface area contributed by atoms with Gasteiger partial charge in [-0.05, 0) is 24.1 Å². The second-order valence-electron chi connectivity index (χ2n) is 4.97. The molecule has 112 valence electrons. The van der Waals surface area contributed by atoms with E-state index in [1.165, 1.54) is 12.1 Å². The number of methoxy groups -OCH3 is 1. The number of hydrogen-bond donors (Lipinski definition) is 1. The lowest BCUT2D eigenvalue weighted by Gasteiger charge is -2.16. The molecular formula is C17H19F2NO. The lowest BCUT2D eigenvalue weighted by Crippen LogP contribution is -2.20. The highest BCUT2D eigenvalue weighted by Gasteiger charge is 2.12. The van der Waals surface area contributed by atoms with Gasteiger partial charge in [0, 0.05) is 31.3 Å². The molecule has 2 aromatic carbocycles. The van der Waals surface area contributed by atoms with Gasteiger partial charge in [0.2, 0.25) is 0 Å². The first kappa shape index (κ1) is 15.6. The lowest BCUT2D eigenvalue weighted by atomic mass is 10.1. The van der Waals surface area contributed by atoms with E-state index in [9.17, 15) is 8.78 Å². The Morgan fingerprint density at radius 2 is 1.81 bits per heavy atom. The third-order valence-corrected chi connectivity index (χ3v) is 3.45. The van der Waals surface area contributed by atoms with Gasteiger partial charge < -0.3 is 10.1 Å². The second kappa shape index (κ2) is 7.29. The number of halogens is 2. The summed E-state index contributed by atoms with van der Waals surface area (Å²) < 4.78 is 31.8. The van der Waals surface area contributed by atoms with Gasteiger partial charge in [-0.15, -0.1) is 0 Å². The molecular weight excluding hydrogens is 272 g/mol. The molecule has 0 aliphatic rings. The summed E-state index contributed by atoms with van der Waals surface area (Å²) in [4.78, 5) is 0. The Morgan fingerprint density at radius 3 is 2.48 bits per heavy atom. The topological polar surface area (TPSA) is 21.3 Å². The van der Waals surface area contributed by atoms with Crippen molar-refractivity contribution in [2.24, 2.45) is 0 Å². The predicted octanol–water partition coefficient (Wildman–Crippen LogP) is 3.96. The SMILES string of the molecule is COCc1ccccc1CNC(C)c1ccc(F)cc1F. The van der Waals surface area contributed by atoms with E-state index in [4.69, 9.17) is 4.74 Å². The quantitative estimate of drug-likeness (QED) is 0.869. The van der Waals surface area contributed by atoms with Crippen molar-refractivity contribution in [3.05, 3.63) is 70.8 Å². The Labute approximate surface area is 123 Å². The summed E-state index contributed by atoms with van der Waals surface area (Å²) in [6, 6.07) is 11.4. The largest absolute Gasteiger partial charge is 0.380 e. The van der Waals surface area contributed by atoms with Gasteiger partial charge in [0.1, 0.15) is 11.6 Å². The monoisotopic (exact) mass is 291 g/mol. The van der Waals surface area contributed by atoms with Crippen LogP contribution in [0.2, 0.25) is 0 Å². The van der Waals surface area contributed by atoms with Crippen LogP contribution in [0.3, 0.4) is 0 Å². The average Bonchev–Trinajstić information content (AvgIpc) is 2.46. The minimum Gasteiger partial charge on any atom is -0.380 e. The van der Waals surface area contributed by atoms with E-state index in [1.54, 1.807) is 7.11 Å². The zero-order valence-corrected chi connectivity index (χ0v) is 12.2. The lowest BCUT2D eigenvalue weighted by molar-refractivity contribution is 0.184. The van der Waals surface area contributed by atoms with Crippen LogP contribution in [-0.4, -0.2) is 7.11 Å². The van der Waals surface area contributed by atoms with Gasteiger partial charge in [-0.2, -0.15) is 0 Å². The first-order valence-electron chi connectivity index (χ1n) is 6.86. The van der Waals surface area contributed by atoms with Crippen molar-refractivity contribution >= 4 is 0 Å².